The molecule has 6 N–H and O–H groups in total. The fraction of sp³-hybridized carbons (Fsp3) is 0.333. The van der Waals surface area contributed by atoms with Gasteiger partial charge >= 0.3 is 0 Å². The van der Waals surface area contributed by atoms with E-state index in [2.05, 4.69) is 31.2 Å². The van der Waals surface area contributed by atoms with E-state index >= 15 is 0 Å². The molecule has 0 radical (unpaired) electrons. The molecule has 0 spiro atoms. The minimum absolute atomic E-state index is 0.0170. The molecule has 0 fully saturated rings. The Bertz CT molecular complexity index is 717. The normalized spacial score (nSPS) is 12.0. The predicted molar refractivity (Wildman–Crippen MR) is 99.3 cm³/mol. The summed E-state index contributed by atoms with van der Waals surface area (Å²) in [5.41, 5.74) is 12.6. The number of nitrogens with zero attached hydrogens (tertiary/aromatic N) is 2. The molecule has 7 nitrogen and oxygen atoms in total. The predicted octanol–water partition coefficient (Wildman–Crippen LogP) is 2.33. The minimum Gasteiger partial charge on any atom is -0.496 e. The third kappa shape index (κ3) is 4.62. The molecule has 9 heteroatoms. The van der Waals surface area contributed by atoms with E-state index in [-0.39, 0.29) is 29.3 Å². The van der Waals surface area contributed by atoms with Gasteiger partial charge in [0, 0.05) is 23.5 Å². The SMILES string of the molecule is COc1ccc(Br)cc1CC(CO)CNc1nc(N)nc(Cl)c1N. The van der Waals surface area contributed by atoms with Crippen LogP contribution in [0.5, 0.6) is 5.75 Å². The van der Waals surface area contributed by atoms with Gasteiger partial charge in [0.15, 0.2) is 11.0 Å². The lowest BCUT2D eigenvalue weighted by Crippen LogP contribution is -2.22. The maximum absolute atomic E-state index is 9.67. The van der Waals surface area contributed by atoms with Crippen molar-refractivity contribution in [3.05, 3.63) is 33.4 Å². The van der Waals surface area contributed by atoms with Gasteiger partial charge < -0.3 is 26.6 Å². The quantitative estimate of drug-likeness (QED) is 0.511. The Kier molecular flexibility index (Phi) is 6.47. The first-order chi connectivity index (χ1) is 11.4. The van der Waals surface area contributed by atoms with E-state index < -0.39 is 0 Å². The molecule has 24 heavy (non-hydrogen) atoms. The molecule has 0 bridgehead atoms. The fourth-order valence-corrected chi connectivity index (χ4v) is 2.84. The van der Waals surface area contributed by atoms with Crippen molar-refractivity contribution in [2.45, 2.75) is 6.42 Å². The van der Waals surface area contributed by atoms with Gasteiger partial charge in [-0.15, -0.1) is 0 Å². The highest BCUT2D eigenvalue weighted by Crippen LogP contribution is 2.27. The maximum Gasteiger partial charge on any atom is 0.223 e. The van der Waals surface area contributed by atoms with Crippen molar-refractivity contribution in [1.29, 1.82) is 0 Å². The van der Waals surface area contributed by atoms with Crippen molar-refractivity contribution in [2.24, 2.45) is 5.92 Å². The number of aliphatic hydroxyl groups excluding tert-OH is 1. The summed E-state index contributed by atoms with van der Waals surface area (Å²) in [7, 11) is 1.62. The summed E-state index contributed by atoms with van der Waals surface area (Å²) < 4.78 is 6.31. The van der Waals surface area contributed by atoms with Crippen LogP contribution in [-0.4, -0.2) is 35.3 Å². The van der Waals surface area contributed by atoms with Gasteiger partial charge in [0.1, 0.15) is 11.4 Å². The van der Waals surface area contributed by atoms with Crippen molar-refractivity contribution in [1.82, 2.24) is 9.97 Å². The number of hydrogen-bond acceptors (Lipinski definition) is 7. The molecule has 0 aliphatic heterocycles. The molecule has 2 rings (SSSR count). The molecular weight excluding hydrogens is 398 g/mol. The molecule has 1 atom stereocenters. The second-order valence-electron chi connectivity index (χ2n) is 5.22. The molecule has 1 aromatic carbocycles. The van der Waals surface area contributed by atoms with Crippen LogP contribution in [0.2, 0.25) is 5.15 Å². The van der Waals surface area contributed by atoms with Crippen LogP contribution in [0.3, 0.4) is 0 Å². The lowest BCUT2D eigenvalue weighted by molar-refractivity contribution is 0.231. The molecule has 0 aliphatic rings. The van der Waals surface area contributed by atoms with Gasteiger partial charge in [-0.05, 0) is 30.2 Å². The number of nitrogen functional groups attached to an aromatic ring is 2. The number of nitrogens with one attached hydrogen (secondary N) is 1. The van der Waals surface area contributed by atoms with Crippen LogP contribution < -0.4 is 21.5 Å². The number of nitrogens with two attached hydrogens (primary N) is 2. The molecule has 1 heterocycles. The smallest absolute Gasteiger partial charge is 0.223 e. The van der Waals surface area contributed by atoms with Crippen molar-refractivity contribution < 1.29 is 9.84 Å². The van der Waals surface area contributed by atoms with Gasteiger partial charge in [0.2, 0.25) is 5.95 Å². The van der Waals surface area contributed by atoms with E-state index in [9.17, 15) is 5.11 Å². The summed E-state index contributed by atoms with van der Waals surface area (Å²) >= 11 is 9.33. The van der Waals surface area contributed by atoms with Gasteiger partial charge in [0.05, 0.1) is 7.11 Å². The summed E-state index contributed by atoms with van der Waals surface area (Å²) in [5.74, 6) is 1.08. The Morgan fingerprint density at radius 2 is 2.12 bits per heavy atom. The monoisotopic (exact) mass is 415 g/mol. The average molecular weight is 417 g/mol. The maximum atomic E-state index is 9.67. The summed E-state index contributed by atoms with van der Waals surface area (Å²) in [5, 5.41) is 12.8. The molecular formula is C15H19BrClN5O2. The third-order valence-electron chi connectivity index (χ3n) is 3.48. The first kappa shape index (κ1) is 18.6. The molecule has 0 saturated carbocycles. The van der Waals surface area contributed by atoms with E-state index in [0.29, 0.717) is 18.8 Å². The van der Waals surface area contributed by atoms with Gasteiger partial charge in [-0.1, -0.05) is 27.5 Å². The largest absolute Gasteiger partial charge is 0.496 e. The minimum atomic E-state index is -0.0810. The van der Waals surface area contributed by atoms with E-state index in [4.69, 9.17) is 27.8 Å². The Morgan fingerprint density at radius 1 is 1.38 bits per heavy atom. The Labute approximate surface area is 153 Å². The van der Waals surface area contributed by atoms with Crippen molar-refractivity contribution in [3.8, 4) is 5.75 Å². The Hall–Kier alpha value is -1.77. The summed E-state index contributed by atoms with van der Waals surface area (Å²) in [6, 6.07) is 5.75. The van der Waals surface area contributed by atoms with Crippen molar-refractivity contribution >= 4 is 45.0 Å². The number of methoxy groups -OCH3 is 1. The zero-order chi connectivity index (χ0) is 17.7. The van der Waals surface area contributed by atoms with Crippen LogP contribution in [0, 0.1) is 5.92 Å². The van der Waals surface area contributed by atoms with E-state index in [0.717, 1.165) is 15.8 Å². The molecule has 130 valence electrons. The van der Waals surface area contributed by atoms with Crippen LogP contribution in [0.15, 0.2) is 22.7 Å². The zero-order valence-electron chi connectivity index (χ0n) is 13.1. The molecule has 0 amide bonds. The van der Waals surface area contributed by atoms with E-state index in [1.807, 2.05) is 18.2 Å². The summed E-state index contributed by atoms with van der Waals surface area (Å²) in [4.78, 5) is 7.80. The lowest BCUT2D eigenvalue weighted by atomic mass is 9.99. The number of benzene rings is 1. The number of hydrogen-bond donors (Lipinski definition) is 4. The van der Waals surface area contributed by atoms with Crippen LogP contribution in [0.4, 0.5) is 17.5 Å². The van der Waals surface area contributed by atoms with Gasteiger partial charge in [-0.25, -0.2) is 0 Å². The van der Waals surface area contributed by atoms with E-state index in [1.54, 1.807) is 7.11 Å². The summed E-state index contributed by atoms with van der Waals surface area (Å²) in [6.45, 7) is 0.417. The highest BCUT2D eigenvalue weighted by Gasteiger charge is 2.15. The Morgan fingerprint density at radius 3 is 2.79 bits per heavy atom. The molecule has 0 aliphatic carbocycles. The van der Waals surface area contributed by atoms with Crippen molar-refractivity contribution in [2.75, 3.05) is 37.0 Å². The molecule has 1 aromatic heterocycles. The second-order valence-corrected chi connectivity index (χ2v) is 6.50. The first-order valence-corrected chi connectivity index (χ1v) is 8.37. The third-order valence-corrected chi connectivity index (χ3v) is 4.27. The number of ether oxygens (including phenoxy) is 1. The highest BCUT2D eigenvalue weighted by atomic mass is 79.9. The van der Waals surface area contributed by atoms with Gasteiger partial charge in [-0.2, -0.15) is 9.97 Å². The molecule has 1 unspecified atom stereocenters. The van der Waals surface area contributed by atoms with Crippen LogP contribution in [0.1, 0.15) is 5.56 Å². The topological polar surface area (TPSA) is 119 Å². The Balaban J connectivity index is 2.10. The average Bonchev–Trinajstić information content (AvgIpc) is 2.55. The molecule has 2 aromatic rings. The second kappa shape index (κ2) is 8.36. The first-order valence-electron chi connectivity index (χ1n) is 7.20. The van der Waals surface area contributed by atoms with E-state index in [1.165, 1.54) is 0 Å². The number of halogens is 2. The number of anilines is 3. The van der Waals surface area contributed by atoms with Gasteiger partial charge in [0.25, 0.3) is 0 Å². The lowest BCUT2D eigenvalue weighted by Gasteiger charge is -2.18. The summed E-state index contributed by atoms with van der Waals surface area (Å²) in [6.07, 6.45) is 0.611. The fourth-order valence-electron chi connectivity index (χ4n) is 2.25. The standard InChI is InChI=1S/C15H19BrClN5O2/c1-24-11-3-2-10(16)5-9(11)4-8(7-23)6-20-14-12(18)13(17)21-15(19)22-14/h2-3,5,8,23H,4,6-7,18H2,1H3,(H3,19,20,21,22). The van der Waals surface area contributed by atoms with Crippen LogP contribution in [0.25, 0.3) is 0 Å². The number of aromatic nitrogens is 2. The number of aliphatic hydroxyl groups is 1. The van der Waals surface area contributed by atoms with Crippen LogP contribution in [-0.2, 0) is 6.42 Å². The zero-order valence-corrected chi connectivity index (χ0v) is 15.4. The van der Waals surface area contributed by atoms with Crippen molar-refractivity contribution in [3.63, 3.8) is 0 Å². The van der Waals surface area contributed by atoms with Gasteiger partial charge in [-0.3, -0.25) is 0 Å². The van der Waals surface area contributed by atoms with Crippen LogP contribution >= 0.6 is 27.5 Å². The molecule has 0 saturated heterocycles. The highest BCUT2D eigenvalue weighted by molar-refractivity contribution is 9.10. The number of rotatable bonds is 7.